The third-order valence-electron chi connectivity index (χ3n) is 4.84. The molecule has 1 atom stereocenters. The first-order valence-corrected chi connectivity index (χ1v) is 11.8. The highest BCUT2D eigenvalue weighted by Gasteiger charge is 2.21. The Morgan fingerprint density at radius 1 is 1.06 bits per heavy atom. The number of sulfonamides is 1. The Labute approximate surface area is 183 Å². The van der Waals surface area contributed by atoms with Crippen molar-refractivity contribution in [2.75, 3.05) is 19.8 Å². The first kappa shape index (κ1) is 22.8. The van der Waals surface area contributed by atoms with Gasteiger partial charge in [0.2, 0.25) is 15.9 Å². The Morgan fingerprint density at radius 2 is 1.74 bits per heavy atom. The second kappa shape index (κ2) is 9.98. The molecule has 2 N–H and O–H groups in total. The van der Waals surface area contributed by atoms with Crippen LogP contribution in [0.3, 0.4) is 0 Å². The number of rotatable bonds is 8. The molecule has 8 heteroatoms. The maximum atomic E-state index is 12.5. The summed E-state index contributed by atoms with van der Waals surface area (Å²) in [6, 6.07) is 11.9. The van der Waals surface area contributed by atoms with Gasteiger partial charge in [0.15, 0.2) is 11.5 Å². The number of carbonyl (C=O) groups excluding carboxylic acids is 1. The molecule has 1 aliphatic heterocycles. The molecule has 1 heterocycles. The molecule has 1 amide bonds. The summed E-state index contributed by atoms with van der Waals surface area (Å²) in [5.74, 6) is 1.32. The summed E-state index contributed by atoms with van der Waals surface area (Å²) in [5, 5.41) is 3.03. The van der Waals surface area contributed by atoms with Crippen LogP contribution in [0.25, 0.3) is 6.08 Å². The average molecular weight is 445 g/mol. The van der Waals surface area contributed by atoms with E-state index in [2.05, 4.69) is 10.0 Å². The average Bonchev–Trinajstić information content (AvgIpc) is 2.76. The Balaban J connectivity index is 1.68. The van der Waals surface area contributed by atoms with Gasteiger partial charge >= 0.3 is 0 Å². The van der Waals surface area contributed by atoms with Gasteiger partial charge in [0.25, 0.3) is 0 Å². The molecule has 1 unspecified atom stereocenters. The van der Waals surface area contributed by atoms with Crippen LogP contribution in [0.15, 0.2) is 53.4 Å². The number of benzene rings is 2. The molecule has 0 radical (unpaired) electrons. The first-order chi connectivity index (χ1) is 14.8. The van der Waals surface area contributed by atoms with Crippen molar-refractivity contribution in [3.63, 3.8) is 0 Å². The predicted molar refractivity (Wildman–Crippen MR) is 119 cm³/mol. The van der Waals surface area contributed by atoms with Crippen molar-refractivity contribution in [1.29, 1.82) is 0 Å². The van der Waals surface area contributed by atoms with E-state index in [0.717, 1.165) is 11.1 Å². The van der Waals surface area contributed by atoms with Crippen molar-refractivity contribution >= 4 is 22.0 Å². The molecule has 3 rings (SSSR count). The summed E-state index contributed by atoms with van der Waals surface area (Å²) in [5.41, 5.74) is 1.67. The number of nitrogens with one attached hydrogen (secondary N) is 2. The van der Waals surface area contributed by atoms with E-state index in [1.165, 1.54) is 18.2 Å². The van der Waals surface area contributed by atoms with Gasteiger partial charge in [-0.2, -0.15) is 0 Å². The van der Waals surface area contributed by atoms with Gasteiger partial charge in [-0.1, -0.05) is 39.0 Å². The Morgan fingerprint density at radius 3 is 2.39 bits per heavy atom. The molecule has 2 aromatic carbocycles. The van der Waals surface area contributed by atoms with Gasteiger partial charge in [-0.15, -0.1) is 0 Å². The summed E-state index contributed by atoms with van der Waals surface area (Å²) in [4.78, 5) is 12.7. The van der Waals surface area contributed by atoms with Gasteiger partial charge in [0, 0.05) is 12.6 Å². The number of hydrogen-bond donors (Lipinski definition) is 2. The Kier molecular flexibility index (Phi) is 7.35. The van der Waals surface area contributed by atoms with E-state index in [-0.39, 0.29) is 22.8 Å². The monoisotopic (exact) mass is 444 g/mol. The lowest BCUT2D eigenvalue weighted by Gasteiger charge is -2.25. The lowest BCUT2D eigenvalue weighted by molar-refractivity contribution is -0.117. The number of carbonyl (C=O) groups is 1. The fourth-order valence-electron chi connectivity index (χ4n) is 3.29. The number of ether oxygens (including phenoxy) is 2. The lowest BCUT2D eigenvalue weighted by atomic mass is 9.95. The molecule has 0 spiro atoms. The van der Waals surface area contributed by atoms with Crippen LogP contribution < -0.4 is 19.5 Å². The molecule has 166 valence electrons. The second-order valence-electron chi connectivity index (χ2n) is 7.54. The van der Waals surface area contributed by atoms with Crippen LogP contribution in [0.5, 0.6) is 11.5 Å². The highest BCUT2D eigenvalue weighted by molar-refractivity contribution is 7.89. The zero-order valence-electron chi connectivity index (χ0n) is 17.9. The van der Waals surface area contributed by atoms with Crippen molar-refractivity contribution in [2.24, 2.45) is 5.92 Å². The molecule has 0 aromatic heterocycles. The van der Waals surface area contributed by atoms with Gasteiger partial charge < -0.3 is 14.8 Å². The van der Waals surface area contributed by atoms with E-state index in [4.69, 9.17) is 9.47 Å². The van der Waals surface area contributed by atoms with Crippen LogP contribution in [0, 0.1) is 5.92 Å². The standard InChI is InChI=1S/C23H28N2O5S/c1-4-24-31(27,28)19-9-5-17(6-10-19)7-12-22(26)25-23(16(2)3)18-8-11-20-21(15-18)30-14-13-29-20/h5-12,15-16,23-24H,4,13-14H2,1-3H3,(H,25,26)/b12-7+. The van der Waals surface area contributed by atoms with Gasteiger partial charge in [-0.3, -0.25) is 4.79 Å². The summed E-state index contributed by atoms with van der Waals surface area (Å²) < 4.78 is 37.7. The largest absolute Gasteiger partial charge is 0.486 e. The van der Waals surface area contributed by atoms with E-state index in [1.54, 1.807) is 25.1 Å². The van der Waals surface area contributed by atoms with E-state index in [0.29, 0.717) is 31.3 Å². The number of amides is 1. The maximum Gasteiger partial charge on any atom is 0.244 e. The van der Waals surface area contributed by atoms with Gasteiger partial charge in [0.05, 0.1) is 10.9 Å². The van der Waals surface area contributed by atoms with E-state index >= 15 is 0 Å². The van der Waals surface area contributed by atoms with Crippen molar-refractivity contribution in [2.45, 2.75) is 31.7 Å². The molecule has 0 saturated heterocycles. The minimum absolute atomic E-state index is 0.162. The second-order valence-corrected chi connectivity index (χ2v) is 9.30. The van der Waals surface area contributed by atoms with Gasteiger partial charge in [-0.05, 0) is 47.4 Å². The van der Waals surface area contributed by atoms with Gasteiger partial charge in [0.1, 0.15) is 13.2 Å². The molecule has 7 nitrogen and oxygen atoms in total. The third-order valence-corrected chi connectivity index (χ3v) is 6.40. The van der Waals surface area contributed by atoms with Crippen LogP contribution in [-0.2, 0) is 14.8 Å². The van der Waals surface area contributed by atoms with E-state index in [1.807, 2.05) is 32.0 Å². The van der Waals surface area contributed by atoms with Crippen LogP contribution in [-0.4, -0.2) is 34.1 Å². The minimum Gasteiger partial charge on any atom is -0.486 e. The molecule has 0 saturated carbocycles. The summed E-state index contributed by atoms with van der Waals surface area (Å²) in [6.07, 6.45) is 3.10. The molecule has 1 aliphatic rings. The van der Waals surface area contributed by atoms with Crippen molar-refractivity contribution in [3.05, 3.63) is 59.7 Å². The smallest absolute Gasteiger partial charge is 0.244 e. The number of hydrogen-bond acceptors (Lipinski definition) is 5. The molecule has 0 bridgehead atoms. The molecular formula is C23H28N2O5S. The summed E-state index contributed by atoms with van der Waals surface area (Å²) >= 11 is 0. The quantitative estimate of drug-likeness (QED) is 0.610. The molecular weight excluding hydrogens is 416 g/mol. The maximum absolute atomic E-state index is 12.5. The first-order valence-electron chi connectivity index (χ1n) is 10.3. The zero-order valence-corrected chi connectivity index (χ0v) is 18.7. The minimum atomic E-state index is -3.49. The Hall–Kier alpha value is -2.84. The van der Waals surface area contributed by atoms with E-state index in [9.17, 15) is 13.2 Å². The van der Waals surface area contributed by atoms with Crippen LogP contribution in [0.1, 0.15) is 37.9 Å². The van der Waals surface area contributed by atoms with Crippen molar-refractivity contribution in [1.82, 2.24) is 10.0 Å². The normalized spacial score (nSPS) is 14.6. The van der Waals surface area contributed by atoms with Crippen LogP contribution in [0.4, 0.5) is 0 Å². The molecule has 31 heavy (non-hydrogen) atoms. The van der Waals surface area contributed by atoms with Crippen molar-refractivity contribution in [3.8, 4) is 11.5 Å². The van der Waals surface area contributed by atoms with E-state index < -0.39 is 10.0 Å². The SMILES string of the molecule is CCNS(=O)(=O)c1ccc(/C=C/C(=O)NC(c2ccc3c(c2)OCCO3)C(C)C)cc1. The molecule has 0 aliphatic carbocycles. The van der Waals surface area contributed by atoms with Crippen LogP contribution in [0.2, 0.25) is 0 Å². The highest BCUT2D eigenvalue weighted by Crippen LogP contribution is 2.34. The Bertz CT molecular complexity index is 1050. The van der Waals surface area contributed by atoms with Crippen LogP contribution >= 0.6 is 0 Å². The summed E-state index contributed by atoms with van der Waals surface area (Å²) in [7, 11) is -3.49. The molecule has 0 fully saturated rings. The highest BCUT2D eigenvalue weighted by atomic mass is 32.2. The summed E-state index contributed by atoms with van der Waals surface area (Å²) in [6.45, 7) is 7.16. The lowest BCUT2D eigenvalue weighted by Crippen LogP contribution is -2.30. The fourth-order valence-corrected chi connectivity index (χ4v) is 4.33. The third kappa shape index (κ3) is 5.86. The molecule has 2 aromatic rings. The fraction of sp³-hybridized carbons (Fsp3) is 0.348. The van der Waals surface area contributed by atoms with Gasteiger partial charge in [-0.25, -0.2) is 13.1 Å². The zero-order chi connectivity index (χ0) is 22.4. The number of fused-ring (bicyclic) bond motifs is 1. The topological polar surface area (TPSA) is 93.7 Å². The van der Waals surface area contributed by atoms with Crippen molar-refractivity contribution < 1.29 is 22.7 Å². The predicted octanol–water partition coefficient (Wildman–Crippen LogP) is 3.28.